The van der Waals surface area contributed by atoms with Crippen LogP contribution in [0.15, 0.2) is 29.2 Å². The fourth-order valence-corrected chi connectivity index (χ4v) is 2.60. The third kappa shape index (κ3) is 4.40. The van der Waals surface area contributed by atoms with Gasteiger partial charge in [0.05, 0.1) is 11.0 Å². The summed E-state index contributed by atoms with van der Waals surface area (Å²) in [5, 5.41) is 9.36. The first kappa shape index (κ1) is 15.1. The van der Waals surface area contributed by atoms with Crippen LogP contribution < -0.4 is 4.72 Å². The summed E-state index contributed by atoms with van der Waals surface area (Å²) in [7, 11) is -3.47. The fraction of sp³-hybridized carbons (Fsp3) is 0.538. The summed E-state index contributed by atoms with van der Waals surface area (Å²) in [6.45, 7) is 7.92. The molecule has 0 aliphatic rings. The zero-order chi connectivity index (χ0) is 14.0. The van der Waals surface area contributed by atoms with E-state index in [0.717, 1.165) is 0 Å². The Balaban J connectivity index is 2.86. The van der Waals surface area contributed by atoms with Crippen molar-refractivity contribution in [1.29, 1.82) is 0 Å². The average molecular weight is 271 g/mol. The number of benzene rings is 1. The molecular formula is C13H21NO3S. The van der Waals surface area contributed by atoms with Gasteiger partial charge in [-0.1, -0.05) is 32.9 Å². The van der Waals surface area contributed by atoms with E-state index in [2.05, 4.69) is 4.72 Å². The second kappa shape index (κ2) is 5.38. The summed E-state index contributed by atoms with van der Waals surface area (Å²) >= 11 is 0. The minimum Gasteiger partial charge on any atom is -0.389 e. The average Bonchev–Trinajstić information content (AvgIpc) is 2.26. The van der Waals surface area contributed by atoms with Crippen molar-refractivity contribution in [2.45, 2.75) is 38.7 Å². The van der Waals surface area contributed by atoms with Crippen LogP contribution in [0.25, 0.3) is 0 Å². The second-order valence-corrected chi connectivity index (χ2v) is 7.40. The molecule has 1 aromatic rings. The Morgan fingerprint density at radius 1 is 1.22 bits per heavy atom. The lowest BCUT2D eigenvalue weighted by Gasteiger charge is -2.18. The van der Waals surface area contributed by atoms with Crippen LogP contribution >= 0.6 is 0 Å². The summed E-state index contributed by atoms with van der Waals surface area (Å²) in [4.78, 5) is 0.219. The normalized spacial score (nSPS) is 14.5. The Kier molecular flexibility index (Phi) is 4.53. The molecule has 18 heavy (non-hydrogen) atoms. The molecular weight excluding hydrogens is 250 g/mol. The Labute approximate surface area is 109 Å². The van der Waals surface area contributed by atoms with Gasteiger partial charge in [-0.25, -0.2) is 13.1 Å². The number of sulfonamides is 1. The molecule has 0 fully saturated rings. The molecule has 0 bridgehead atoms. The third-order valence-electron chi connectivity index (χ3n) is 2.47. The molecule has 0 spiro atoms. The second-order valence-electron chi connectivity index (χ2n) is 5.63. The van der Waals surface area contributed by atoms with E-state index in [1.807, 2.05) is 20.8 Å². The number of hydrogen-bond acceptors (Lipinski definition) is 3. The van der Waals surface area contributed by atoms with E-state index >= 15 is 0 Å². The maximum atomic E-state index is 12.0. The first-order chi connectivity index (χ1) is 8.12. The van der Waals surface area contributed by atoms with E-state index in [1.165, 1.54) is 12.1 Å². The molecule has 4 nitrogen and oxygen atoms in total. The van der Waals surface area contributed by atoms with Gasteiger partial charge in [0.2, 0.25) is 10.0 Å². The van der Waals surface area contributed by atoms with Crippen LogP contribution in [0.3, 0.4) is 0 Å². The molecule has 0 heterocycles. The lowest BCUT2D eigenvalue weighted by molar-refractivity contribution is 0.199. The van der Waals surface area contributed by atoms with Crippen molar-refractivity contribution < 1.29 is 13.5 Å². The molecule has 0 aliphatic carbocycles. The Morgan fingerprint density at radius 2 is 1.72 bits per heavy atom. The van der Waals surface area contributed by atoms with E-state index in [1.54, 1.807) is 19.1 Å². The number of rotatable bonds is 4. The smallest absolute Gasteiger partial charge is 0.240 e. The summed E-state index contributed by atoms with van der Waals surface area (Å²) in [5.74, 6) is 0. The van der Waals surface area contributed by atoms with Crippen molar-refractivity contribution >= 4 is 10.0 Å². The Hall–Kier alpha value is -0.910. The molecule has 1 unspecified atom stereocenters. The van der Waals surface area contributed by atoms with E-state index in [9.17, 15) is 13.5 Å². The number of aliphatic hydroxyl groups is 1. The minimum atomic E-state index is -3.47. The minimum absolute atomic E-state index is 0.105. The molecule has 0 amide bonds. The highest BCUT2D eigenvalue weighted by Gasteiger charge is 2.18. The molecule has 0 aromatic heterocycles. The zero-order valence-corrected chi connectivity index (χ0v) is 12.1. The highest BCUT2D eigenvalue weighted by Crippen LogP contribution is 2.17. The molecule has 1 aromatic carbocycles. The molecule has 2 N–H and O–H groups in total. The van der Waals surface area contributed by atoms with Crippen LogP contribution in [0.4, 0.5) is 0 Å². The highest BCUT2D eigenvalue weighted by atomic mass is 32.2. The summed E-state index contributed by atoms with van der Waals surface area (Å²) in [5.41, 5.74) is 0.594. The molecule has 102 valence electrons. The fourth-order valence-electron chi connectivity index (χ4n) is 1.32. The topological polar surface area (TPSA) is 66.4 Å². The van der Waals surface area contributed by atoms with Crippen molar-refractivity contribution in [3.8, 4) is 0 Å². The predicted molar refractivity (Wildman–Crippen MR) is 71.7 cm³/mol. The van der Waals surface area contributed by atoms with Crippen LogP contribution in [0.1, 0.15) is 39.4 Å². The monoisotopic (exact) mass is 271 g/mol. The number of nitrogens with one attached hydrogen (secondary N) is 1. The van der Waals surface area contributed by atoms with Crippen LogP contribution in [-0.2, 0) is 10.0 Å². The van der Waals surface area contributed by atoms with Crippen LogP contribution in [0.2, 0.25) is 0 Å². The molecule has 0 saturated carbocycles. The van der Waals surface area contributed by atoms with Crippen LogP contribution in [0, 0.1) is 5.41 Å². The van der Waals surface area contributed by atoms with E-state index in [-0.39, 0.29) is 10.3 Å². The molecule has 0 saturated heterocycles. The van der Waals surface area contributed by atoms with E-state index in [0.29, 0.717) is 12.1 Å². The maximum absolute atomic E-state index is 12.0. The lowest BCUT2D eigenvalue weighted by Crippen LogP contribution is -2.32. The van der Waals surface area contributed by atoms with Gasteiger partial charge in [0, 0.05) is 6.54 Å². The van der Waals surface area contributed by atoms with Gasteiger partial charge in [-0.15, -0.1) is 0 Å². The number of aliphatic hydroxyl groups excluding tert-OH is 1. The maximum Gasteiger partial charge on any atom is 0.240 e. The standard InChI is InChI=1S/C13H21NO3S/c1-10(15)11-5-7-12(8-6-11)18(16,17)14-9-13(2,3)4/h5-8,10,14-15H,9H2,1-4H3. The van der Waals surface area contributed by atoms with Gasteiger partial charge >= 0.3 is 0 Å². The predicted octanol–water partition coefficient (Wildman–Crippen LogP) is 2.06. The zero-order valence-electron chi connectivity index (χ0n) is 11.3. The van der Waals surface area contributed by atoms with E-state index in [4.69, 9.17) is 0 Å². The van der Waals surface area contributed by atoms with Gasteiger partial charge < -0.3 is 5.11 Å². The van der Waals surface area contributed by atoms with Crippen LogP contribution in [0.5, 0.6) is 0 Å². The highest BCUT2D eigenvalue weighted by molar-refractivity contribution is 7.89. The quantitative estimate of drug-likeness (QED) is 0.881. The van der Waals surface area contributed by atoms with Gasteiger partial charge in [-0.05, 0) is 30.0 Å². The van der Waals surface area contributed by atoms with Gasteiger partial charge in [0.1, 0.15) is 0 Å². The SMILES string of the molecule is CC(O)c1ccc(S(=O)(=O)NCC(C)(C)C)cc1. The van der Waals surface area contributed by atoms with Gasteiger partial charge in [0.25, 0.3) is 0 Å². The van der Waals surface area contributed by atoms with Gasteiger partial charge in [-0.2, -0.15) is 0 Å². The van der Waals surface area contributed by atoms with Crippen LogP contribution in [-0.4, -0.2) is 20.1 Å². The summed E-state index contributed by atoms with van der Waals surface area (Å²) in [6.07, 6.45) is -0.593. The van der Waals surface area contributed by atoms with Gasteiger partial charge in [0.15, 0.2) is 0 Å². The third-order valence-corrected chi connectivity index (χ3v) is 3.88. The number of hydrogen-bond donors (Lipinski definition) is 2. The Morgan fingerprint density at radius 3 is 2.11 bits per heavy atom. The first-order valence-electron chi connectivity index (χ1n) is 5.89. The van der Waals surface area contributed by atoms with Crippen molar-refractivity contribution in [1.82, 2.24) is 4.72 Å². The van der Waals surface area contributed by atoms with Crippen molar-refractivity contribution in [3.63, 3.8) is 0 Å². The van der Waals surface area contributed by atoms with Crippen molar-refractivity contribution in [2.75, 3.05) is 6.54 Å². The first-order valence-corrected chi connectivity index (χ1v) is 7.38. The van der Waals surface area contributed by atoms with Crippen molar-refractivity contribution in [2.24, 2.45) is 5.41 Å². The lowest BCUT2D eigenvalue weighted by atomic mass is 9.98. The molecule has 1 rings (SSSR count). The molecule has 1 atom stereocenters. The molecule has 5 heteroatoms. The summed E-state index contributed by atoms with van der Waals surface area (Å²) in [6, 6.07) is 6.26. The van der Waals surface area contributed by atoms with Crippen molar-refractivity contribution in [3.05, 3.63) is 29.8 Å². The Bertz CT molecular complexity index is 484. The molecule has 0 aliphatic heterocycles. The molecule has 0 radical (unpaired) electrons. The summed E-state index contributed by atoms with van der Waals surface area (Å²) < 4.78 is 26.5. The van der Waals surface area contributed by atoms with Gasteiger partial charge in [-0.3, -0.25) is 0 Å². The largest absolute Gasteiger partial charge is 0.389 e. The van der Waals surface area contributed by atoms with E-state index < -0.39 is 16.1 Å².